The molecule has 0 N–H and O–H groups in total. The molecule has 0 spiro atoms. The number of rotatable bonds is 1. The van der Waals surface area contributed by atoms with Gasteiger partial charge in [0, 0.05) is 25.8 Å². The second-order valence-corrected chi connectivity index (χ2v) is 1.68. The Labute approximate surface area is 59.1 Å². The van der Waals surface area contributed by atoms with Gasteiger partial charge >= 0.3 is 0 Å². The van der Waals surface area contributed by atoms with E-state index < -0.39 is 0 Å². The maximum Gasteiger partial charge on any atom is 0 e. The van der Waals surface area contributed by atoms with Crippen molar-refractivity contribution in [3.8, 4) is 0 Å². The minimum absolute atomic E-state index is 0. The maximum atomic E-state index is 3.69. The van der Waals surface area contributed by atoms with Crippen LogP contribution in [0.4, 0.5) is 0 Å². The van der Waals surface area contributed by atoms with Crippen LogP contribution in [0.1, 0.15) is 20.3 Å². The molecule has 0 bridgehead atoms. The summed E-state index contributed by atoms with van der Waals surface area (Å²) in [5.74, 6) is 0.773. The molecule has 0 fully saturated rings. The fourth-order valence-electron chi connectivity index (χ4n) is 0. The summed E-state index contributed by atoms with van der Waals surface area (Å²) in [7, 11) is 0. The summed E-state index contributed by atoms with van der Waals surface area (Å²) in [5, 5.41) is 0. The molecule has 0 amide bonds. The first-order chi connectivity index (χ1) is 2.27. The molecular formula is C5H11Hf-. The minimum Gasteiger partial charge on any atom is -0.343 e. The Morgan fingerprint density at radius 3 is 1.67 bits per heavy atom. The zero-order chi connectivity index (χ0) is 4.28. The van der Waals surface area contributed by atoms with Gasteiger partial charge in [-0.2, -0.15) is 6.42 Å². The largest absolute Gasteiger partial charge is 0.343 e. The Hall–Kier alpha value is 0.870. The van der Waals surface area contributed by atoms with Gasteiger partial charge in [0.15, 0.2) is 0 Å². The third-order valence-corrected chi connectivity index (χ3v) is 0.577. The second kappa shape index (κ2) is 5.87. The first-order valence-corrected chi connectivity index (χ1v) is 2.06. The van der Waals surface area contributed by atoms with Crippen molar-refractivity contribution in [2.45, 2.75) is 20.3 Å². The Balaban J connectivity index is 0. The van der Waals surface area contributed by atoms with E-state index in [1.165, 1.54) is 0 Å². The van der Waals surface area contributed by atoms with Gasteiger partial charge in [0.25, 0.3) is 0 Å². The monoisotopic (exact) mass is 251 g/mol. The van der Waals surface area contributed by atoms with Gasteiger partial charge in [-0.05, 0) is 0 Å². The van der Waals surface area contributed by atoms with Crippen LogP contribution in [0.5, 0.6) is 0 Å². The summed E-state index contributed by atoms with van der Waals surface area (Å²) in [4.78, 5) is 0. The van der Waals surface area contributed by atoms with Crippen molar-refractivity contribution in [2.24, 2.45) is 5.92 Å². The standard InChI is InChI=1S/C5H11.Hf/c1-4-5(2)3;/h5H,1,4H2,2-3H3;/q-1;. The molecule has 0 saturated heterocycles. The molecule has 0 heterocycles. The van der Waals surface area contributed by atoms with E-state index in [9.17, 15) is 0 Å². The van der Waals surface area contributed by atoms with E-state index in [1.807, 2.05) is 0 Å². The summed E-state index contributed by atoms with van der Waals surface area (Å²) in [5.41, 5.74) is 0. The van der Waals surface area contributed by atoms with Crippen LogP contribution in [-0.4, -0.2) is 0 Å². The first-order valence-electron chi connectivity index (χ1n) is 2.06. The molecule has 36 valence electrons. The normalized spacial score (nSPS) is 8.00. The van der Waals surface area contributed by atoms with E-state index in [4.69, 9.17) is 0 Å². The predicted octanol–water partition coefficient (Wildman–Crippen LogP) is 1.86. The second-order valence-electron chi connectivity index (χ2n) is 1.68. The summed E-state index contributed by atoms with van der Waals surface area (Å²) in [6, 6.07) is 0. The molecular weight excluding hydrogens is 239 g/mol. The van der Waals surface area contributed by atoms with Gasteiger partial charge in [0.1, 0.15) is 0 Å². The molecule has 0 atom stereocenters. The van der Waals surface area contributed by atoms with Gasteiger partial charge < -0.3 is 6.92 Å². The van der Waals surface area contributed by atoms with Crippen molar-refractivity contribution >= 4 is 0 Å². The van der Waals surface area contributed by atoms with Crippen LogP contribution in [0.2, 0.25) is 0 Å². The third kappa shape index (κ3) is 8.85. The van der Waals surface area contributed by atoms with Crippen molar-refractivity contribution in [1.82, 2.24) is 0 Å². The molecule has 0 nitrogen and oxygen atoms in total. The van der Waals surface area contributed by atoms with Crippen molar-refractivity contribution in [1.29, 1.82) is 0 Å². The smallest absolute Gasteiger partial charge is 0 e. The fraction of sp³-hybridized carbons (Fsp3) is 0.800. The Morgan fingerprint density at radius 1 is 1.50 bits per heavy atom. The molecule has 0 aliphatic carbocycles. The van der Waals surface area contributed by atoms with Crippen molar-refractivity contribution in [3.05, 3.63) is 6.92 Å². The number of hydrogen-bond donors (Lipinski definition) is 0. The van der Waals surface area contributed by atoms with Gasteiger partial charge in [0.2, 0.25) is 0 Å². The molecule has 0 aliphatic rings. The van der Waals surface area contributed by atoms with Crippen LogP contribution in [0, 0.1) is 12.8 Å². The van der Waals surface area contributed by atoms with Crippen LogP contribution in [0.25, 0.3) is 0 Å². The summed E-state index contributed by atoms with van der Waals surface area (Å²) in [6.45, 7) is 8.00. The number of hydrogen-bond acceptors (Lipinski definition) is 0. The molecule has 0 aromatic heterocycles. The molecule has 0 radical (unpaired) electrons. The van der Waals surface area contributed by atoms with Crippen LogP contribution in [0.15, 0.2) is 0 Å². The van der Waals surface area contributed by atoms with Crippen molar-refractivity contribution in [3.63, 3.8) is 0 Å². The zero-order valence-corrected chi connectivity index (χ0v) is 8.08. The SMILES string of the molecule is [CH2-]CC(C)C.[Hf]. The Kier molecular flexibility index (Phi) is 9.77. The van der Waals surface area contributed by atoms with Crippen LogP contribution in [0.3, 0.4) is 0 Å². The van der Waals surface area contributed by atoms with Gasteiger partial charge in [-0.25, -0.2) is 0 Å². The Bertz CT molecular complexity index is 17.9. The maximum absolute atomic E-state index is 3.69. The molecule has 6 heavy (non-hydrogen) atoms. The molecule has 0 aromatic carbocycles. The molecule has 0 aliphatic heterocycles. The summed E-state index contributed by atoms with van der Waals surface area (Å²) >= 11 is 0. The van der Waals surface area contributed by atoms with Crippen molar-refractivity contribution in [2.75, 3.05) is 0 Å². The van der Waals surface area contributed by atoms with E-state index in [2.05, 4.69) is 20.8 Å². The van der Waals surface area contributed by atoms with Crippen LogP contribution < -0.4 is 0 Å². The fourth-order valence-corrected chi connectivity index (χ4v) is 0. The van der Waals surface area contributed by atoms with E-state index in [0.717, 1.165) is 12.3 Å². The average molecular weight is 250 g/mol. The summed E-state index contributed by atoms with van der Waals surface area (Å²) < 4.78 is 0. The quantitative estimate of drug-likeness (QED) is 0.492. The minimum atomic E-state index is 0. The van der Waals surface area contributed by atoms with Gasteiger partial charge in [-0.1, -0.05) is 19.8 Å². The van der Waals surface area contributed by atoms with Crippen LogP contribution >= 0.6 is 0 Å². The van der Waals surface area contributed by atoms with Crippen molar-refractivity contribution < 1.29 is 25.8 Å². The van der Waals surface area contributed by atoms with E-state index in [0.29, 0.717) is 0 Å². The van der Waals surface area contributed by atoms with E-state index >= 15 is 0 Å². The summed E-state index contributed by atoms with van der Waals surface area (Å²) in [6.07, 6.45) is 1.06. The molecule has 1 heteroatoms. The average Bonchev–Trinajstić information content (AvgIpc) is 1.38. The molecule has 0 saturated carbocycles. The molecule has 0 unspecified atom stereocenters. The predicted molar refractivity (Wildman–Crippen MR) is 24.8 cm³/mol. The topological polar surface area (TPSA) is 0 Å². The molecule has 0 aromatic rings. The third-order valence-electron chi connectivity index (χ3n) is 0.577. The Morgan fingerprint density at radius 2 is 1.67 bits per heavy atom. The first kappa shape index (κ1) is 9.98. The van der Waals surface area contributed by atoms with E-state index in [-0.39, 0.29) is 25.8 Å². The van der Waals surface area contributed by atoms with Crippen LogP contribution in [-0.2, 0) is 25.8 Å². The molecule has 0 rings (SSSR count). The van der Waals surface area contributed by atoms with E-state index in [1.54, 1.807) is 0 Å². The van der Waals surface area contributed by atoms with Gasteiger partial charge in [-0.3, -0.25) is 0 Å². The van der Waals surface area contributed by atoms with Gasteiger partial charge in [-0.15, -0.1) is 0 Å². The zero-order valence-electron chi connectivity index (χ0n) is 4.49. The van der Waals surface area contributed by atoms with Gasteiger partial charge in [0.05, 0.1) is 0 Å².